The van der Waals surface area contributed by atoms with Gasteiger partial charge in [0.15, 0.2) is 11.5 Å². The molecule has 8 nitrogen and oxygen atoms in total. The average Bonchev–Trinajstić information content (AvgIpc) is 3.23. The predicted molar refractivity (Wildman–Crippen MR) is 121 cm³/mol. The number of ether oxygens (including phenoxy) is 1. The summed E-state index contributed by atoms with van der Waals surface area (Å²) in [6, 6.07) is 13.8. The zero-order valence-corrected chi connectivity index (χ0v) is 19.2. The molecule has 0 aliphatic carbocycles. The molecule has 0 aliphatic rings. The Kier molecular flexibility index (Phi) is 7.09. The van der Waals surface area contributed by atoms with Crippen molar-refractivity contribution in [2.24, 2.45) is 0 Å². The molecule has 0 saturated heterocycles. The maximum absolute atomic E-state index is 13.2. The lowest BCUT2D eigenvalue weighted by Gasteiger charge is -2.23. The molecule has 1 heterocycles. The van der Waals surface area contributed by atoms with Crippen LogP contribution in [0.5, 0.6) is 11.5 Å². The number of furan rings is 1. The first-order valence-electron chi connectivity index (χ1n) is 9.87. The van der Waals surface area contributed by atoms with Crippen molar-refractivity contribution in [3.63, 3.8) is 0 Å². The van der Waals surface area contributed by atoms with Gasteiger partial charge in [-0.25, -0.2) is 4.79 Å². The second-order valence-electron chi connectivity index (χ2n) is 7.39. The molecule has 0 bridgehead atoms. The lowest BCUT2D eigenvalue weighted by Crippen LogP contribution is -2.34. The average molecular weight is 459 g/mol. The first-order chi connectivity index (χ1) is 15.2. The van der Waals surface area contributed by atoms with Crippen molar-refractivity contribution in [3.05, 3.63) is 77.2 Å². The standard InChI is InChI=1S/C23H26N2O6S/c1-16-7-5-9-20(17(16)2)24-23(26)25(15-19-8-6-12-30-19)14-18-10-11-21(29-3)22(13-18)31-32(4,27)28/h5-13H,14-15H2,1-4H3,(H,24,26). The van der Waals surface area contributed by atoms with Gasteiger partial charge < -0.3 is 23.6 Å². The number of nitrogens with zero attached hydrogens (tertiary/aromatic N) is 1. The predicted octanol–water partition coefficient (Wildman–Crippen LogP) is 4.48. The van der Waals surface area contributed by atoms with Crippen LogP contribution in [0.1, 0.15) is 22.5 Å². The largest absolute Gasteiger partial charge is 0.493 e. The zero-order chi connectivity index (χ0) is 23.3. The Morgan fingerprint density at radius 2 is 1.84 bits per heavy atom. The van der Waals surface area contributed by atoms with Gasteiger partial charge in [-0.1, -0.05) is 18.2 Å². The van der Waals surface area contributed by atoms with E-state index in [2.05, 4.69) is 5.32 Å². The van der Waals surface area contributed by atoms with Gasteiger partial charge in [0, 0.05) is 12.2 Å². The molecule has 0 aliphatic heterocycles. The highest BCUT2D eigenvalue weighted by Gasteiger charge is 2.19. The highest BCUT2D eigenvalue weighted by Crippen LogP contribution is 2.30. The van der Waals surface area contributed by atoms with Crippen LogP contribution in [0, 0.1) is 13.8 Å². The SMILES string of the molecule is COc1ccc(CN(Cc2ccco2)C(=O)Nc2cccc(C)c2C)cc1OS(C)(=O)=O. The number of urea groups is 1. The summed E-state index contributed by atoms with van der Waals surface area (Å²) in [6.45, 7) is 4.33. The summed E-state index contributed by atoms with van der Waals surface area (Å²) in [5, 5.41) is 2.95. The van der Waals surface area contributed by atoms with Gasteiger partial charge in [-0.15, -0.1) is 0 Å². The Morgan fingerprint density at radius 3 is 2.50 bits per heavy atom. The Bertz CT molecular complexity index is 1190. The van der Waals surface area contributed by atoms with Crippen molar-refractivity contribution in [1.29, 1.82) is 0 Å². The van der Waals surface area contributed by atoms with Gasteiger partial charge in [-0.05, 0) is 60.9 Å². The molecule has 0 spiro atoms. The van der Waals surface area contributed by atoms with E-state index in [4.69, 9.17) is 13.3 Å². The minimum Gasteiger partial charge on any atom is -0.493 e. The molecule has 0 fully saturated rings. The molecular weight excluding hydrogens is 432 g/mol. The number of carbonyl (C=O) groups excluding carboxylic acids is 1. The van der Waals surface area contributed by atoms with Crippen molar-refractivity contribution in [2.75, 3.05) is 18.7 Å². The van der Waals surface area contributed by atoms with Gasteiger partial charge >= 0.3 is 16.1 Å². The Morgan fingerprint density at radius 1 is 1.06 bits per heavy atom. The number of anilines is 1. The number of hydrogen-bond donors (Lipinski definition) is 1. The topological polar surface area (TPSA) is 98.1 Å². The number of aryl methyl sites for hydroxylation is 1. The van der Waals surface area contributed by atoms with Crippen molar-refractivity contribution >= 4 is 21.8 Å². The molecule has 0 atom stereocenters. The minimum absolute atomic E-state index is 0.0559. The summed E-state index contributed by atoms with van der Waals surface area (Å²) >= 11 is 0. The van der Waals surface area contributed by atoms with Crippen molar-refractivity contribution in [3.8, 4) is 11.5 Å². The molecular formula is C23H26N2O6S. The van der Waals surface area contributed by atoms with E-state index in [1.54, 1.807) is 41.5 Å². The van der Waals surface area contributed by atoms with E-state index in [9.17, 15) is 13.2 Å². The molecule has 3 rings (SSSR count). The summed E-state index contributed by atoms with van der Waals surface area (Å²) in [7, 11) is -2.33. The van der Waals surface area contributed by atoms with Gasteiger partial charge in [0.25, 0.3) is 0 Å². The summed E-state index contributed by atoms with van der Waals surface area (Å²) in [4.78, 5) is 14.7. The number of carbonyl (C=O) groups is 1. The third kappa shape index (κ3) is 6.04. The molecule has 0 unspecified atom stereocenters. The third-order valence-electron chi connectivity index (χ3n) is 4.90. The number of benzene rings is 2. The molecule has 1 N–H and O–H groups in total. The number of hydrogen-bond acceptors (Lipinski definition) is 6. The maximum atomic E-state index is 13.2. The van der Waals surface area contributed by atoms with Gasteiger partial charge in [-0.2, -0.15) is 8.42 Å². The number of methoxy groups -OCH3 is 1. The van der Waals surface area contributed by atoms with Crippen LogP contribution in [0.4, 0.5) is 10.5 Å². The highest BCUT2D eigenvalue weighted by molar-refractivity contribution is 7.86. The first-order valence-corrected chi connectivity index (χ1v) is 11.7. The molecule has 2 amide bonds. The van der Waals surface area contributed by atoms with Gasteiger partial charge in [0.2, 0.25) is 0 Å². The van der Waals surface area contributed by atoms with E-state index in [1.165, 1.54) is 7.11 Å². The minimum atomic E-state index is -3.75. The first kappa shape index (κ1) is 23.2. The van der Waals surface area contributed by atoms with Gasteiger partial charge in [0.1, 0.15) is 5.76 Å². The van der Waals surface area contributed by atoms with Gasteiger partial charge in [0.05, 0.1) is 26.2 Å². The normalized spacial score (nSPS) is 11.1. The summed E-state index contributed by atoms with van der Waals surface area (Å²) in [5.41, 5.74) is 3.42. The van der Waals surface area contributed by atoms with Crippen molar-refractivity contribution in [1.82, 2.24) is 4.90 Å². The lowest BCUT2D eigenvalue weighted by molar-refractivity contribution is 0.201. The highest BCUT2D eigenvalue weighted by atomic mass is 32.2. The van der Waals surface area contributed by atoms with Gasteiger partial charge in [-0.3, -0.25) is 0 Å². The van der Waals surface area contributed by atoms with Crippen LogP contribution in [0.3, 0.4) is 0 Å². The molecule has 0 saturated carbocycles. The lowest BCUT2D eigenvalue weighted by atomic mass is 10.1. The van der Waals surface area contributed by atoms with Crippen LogP contribution < -0.4 is 14.2 Å². The Labute approximate surface area is 187 Å². The molecule has 3 aromatic rings. The number of amides is 2. The van der Waals surface area contributed by atoms with Crippen LogP contribution in [0.25, 0.3) is 0 Å². The van der Waals surface area contributed by atoms with E-state index < -0.39 is 10.1 Å². The molecule has 9 heteroatoms. The van der Waals surface area contributed by atoms with E-state index >= 15 is 0 Å². The van der Waals surface area contributed by atoms with Crippen LogP contribution in [0.2, 0.25) is 0 Å². The Balaban J connectivity index is 1.88. The van der Waals surface area contributed by atoms with E-state index in [0.29, 0.717) is 11.3 Å². The van der Waals surface area contributed by atoms with Crippen molar-refractivity contribution < 1.29 is 26.5 Å². The third-order valence-corrected chi connectivity index (χ3v) is 5.39. The van der Waals surface area contributed by atoms with Crippen molar-refractivity contribution in [2.45, 2.75) is 26.9 Å². The summed E-state index contributed by atoms with van der Waals surface area (Å²) < 4.78 is 38.9. The van der Waals surface area contributed by atoms with E-state index in [0.717, 1.165) is 23.1 Å². The van der Waals surface area contributed by atoms with E-state index in [1.807, 2.05) is 32.0 Å². The number of nitrogens with one attached hydrogen (secondary N) is 1. The Hall–Kier alpha value is -3.46. The smallest absolute Gasteiger partial charge is 0.322 e. The van der Waals surface area contributed by atoms with E-state index in [-0.39, 0.29) is 30.6 Å². The molecule has 170 valence electrons. The second-order valence-corrected chi connectivity index (χ2v) is 8.96. The van der Waals surface area contributed by atoms with Crippen LogP contribution >= 0.6 is 0 Å². The quantitative estimate of drug-likeness (QED) is 0.500. The molecule has 1 aromatic heterocycles. The zero-order valence-electron chi connectivity index (χ0n) is 18.4. The fourth-order valence-corrected chi connectivity index (χ4v) is 3.60. The fraction of sp³-hybridized carbons (Fsp3) is 0.261. The maximum Gasteiger partial charge on any atom is 0.322 e. The van der Waals surface area contributed by atoms with Crippen LogP contribution in [-0.4, -0.2) is 32.7 Å². The second kappa shape index (κ2) is 9.78. The molecule has 32 heavy (non-hydrogen) atoms. The fourth-order valence-electron chi connectivity index (χ4n) is 3.14. The van der Waals surface area contributed by atoms with Crippen LogP contribution in [0.15, 0.2) is 59.2 Å². The van der Waals surface area contributed by atoms with Crippen LogP contribution in [-0.2, 0) is 23.2 Å². The number of rotatable bonds is 8. The molecule has 2 aromatic carbocycles. The summed E-state index contributed by atoms with van der Waals surface area (Å²) in [6.07, 6.45) is 2.50. The summed E-state index contributed by atoms with van der Waals surface area (Å²) in [5.74, 6) is 0.944. The monoisotopic (exact) mass is 458 g/mol. The molecule has 0 radical (unpaired) electrons.